The van der Waals surface area contributed by atoms with Crippen LogP contribution in [-0.4, -0.2) is 43.7 Å². The summed E-state index contributed by atoms with van der Waals surface area (Å²) in [5.74, 6) is -0.244. The van der Waals surface area contributed by atoms with Crippen LogP contribution in [-0.2, 0) is 19.6 Å². The SMILES string of the molecule is CC(C)(C)OC(=O)NCC[C@@]1(c2ccc(F)cc2)CCO[C@@]2(CCOC2)C1. The molecule has 1 aromatic rings. The van der Waals surface area contributed by atoms with E-state index >= 15 is 0 Å². The standard InChI is InChI=1S/C21H30FNO4/c1-19(2,3)27-18(24)23-11-8-20(16-4-6-17(22)7-5-16)9-13-26-21(14-20)10-12-25-15-21/h4-7H,8-15H2,1-3H3,(H,23,24)/t20-,21+/m1/s1. The van der Waals surface area contributed by atoms with Gasteiger partial charge in [0.1, 0.15) is 11.4 Å². The number of benzene rings is 1. The van der Waals surface area contributed by atoms with Crippen molar-refractivity contribution in [1.29, 1.82) is 0 Å². The maximum atomic E-state index is 13.5. The Labute approximate surface area is 160 Å². The minimum atomic E-state index is -0.525. The molecular formula is C21H30FNO4. The Morgan fingerprint density at radius 2 is 1.96 bits per heavy atom. The average Bonchev–Trinajstić information content (AvgIpc) is 3.01. The van der Waals surface area contributed by atoms with Gasteiger partial charge in [0.2, 0.25) is 0 Å². The zero-order valence-electron chi connectivity index (χ0n) is 16.5. The number of hydrogen-bond donors (Lipinski definition) is 1. The molecule has 5 nitrogen and oxygen atoms in total. The van der Waals surface area contributed by atoms with Crippen molar-refractivity contribution in [3.05, 3.63) is 35.6 Å². The van der Waals surface area contributed by atoms with Gasteiger partial charge in [0.15, 0.2) is 0 Å². The molecule has 2 heterocycles. The van der Waals surface area contributed by atoms with Gasteiger partial charge in [0, 0.05) is 31.6 Å². The van der Waals surface area contributed by atoms with E-state index in [-0.39, 0.29) is 16.8 Å². The predicted octanol–water partition coefficient (Wildman–Crippen LogP) is 3.95. The van der Waals surface area contributed by atoms with Crippen LogP contribution in [0.3, 0.4) is 0 Å². The van der Waals surface area contributed by atoms with E-state index in [1.807, 2.05) is 32.9 Å². The molecule has 3 rings (SSSR count). The molecule has 0 unspecified atom stereocenters. The normalized spacial score (nSPS) is 28.3. The third kappa shape index (κ3) is 4.99. The number of carbonyl (C=O) groups excluding carboxylic acids is 1. The lowest BCUT2D eigenvalue weighted by molar-refractivity contribution is -0.108. The van der Waals surface area contributed by atoms with E-state index in [1.165, 1.54) is 12.1 Å². The summed E-state index contributed by atoms with van der Waals surface area (Å²) in [7, 11) is 0. The Morgan fingerprint density at radius 3 is 2.59 bits per heavy atom. The molecule has 0 aliphatic carbocycles. The number of hydrogen-bond acceptors (Lipinski definition) is 4. The first-order valence-corrected chi connectivity index (χ1v) is 9.67. The number of halogens is 1. The van der Waals surface area contributed by atoms with Crippen molar-refractivity contribution in [3.8, 4) is 0 Å². The lowest BCUT2D eigenvalue weighted by Crippen LogP contribution is -2.49. The van der Waals surface area contributed by atoms with Crippen LogP contribution in [0.2, 0.25) is 0 Å². The van der Waals surface area contributed by atoms with E-state index in [4.69, 9.17) is 14.2 Å². The molecule has 2 atom stereocenters. The summed E-state index contributed by atoms with van der Waals surface area (Å²) in [6.07, 6.45) is 2.83. The van der Waals surface area contributed by atoms with Gasteiger partial charge in [0.05, 0.1) is 12.2 Å². The summed E-state index contributed by atoms with van der Waals surface area (Å²) in [5, 5.41) is 2.86. The third-order valence-electron chi connectivity index (χ3n) is 5.44. The molecule has 1 N–H and O–H groups in total. The summed E-state index contributed by atoms with van der Waals surface area (Å²) in [4.78, 5) is 12.0. The van der Waals surface area contributed by atoms with E-state index in [9.17, 15) is 9.18 Å². The van der Waals surface area contributed by atoms with Gasteiger partial charge < -0.3 is 19.5 Å². The summed E-state index contributed by atoms with van der Waals surface area (Å²) in [6, 6.07) is 6.73. The molecule has 0 radical (unpaired) electrons. The largest absolute Gasteiger partial charge is 0.444 e. The van der Waals surface area contributed by atoms with Crippen LogP contribution in [0, 0.1) is 5.82 Å². The van der Waals surface area contributed by atoms with Crippen LogP contribution in [0.15, 0.2) is 24.3 Å². The van der Waals surface area contributed by atoms with Crippen molar-refractivity contribution in [2.75, 3.05) is 26.4 Å². The number of alkyl carbamates (subject to hydrolysis) is 1. The van der Waals surface area contributed by atoms with E-state index < -0.39 is 11.7 Å². The second-order valence-corrected chi connectivity index (χ2v) is 8.73. The van der Waals surface area contributed by atoms with Gasteiger partial charge in [-0.2, -0.15) is 0 Å². The zero-order valence-corrected chi connectivity index (χ0v) is 16.5. The fourth-order valence-electron chi connectivity index (χ4n) is 4.19. The van der Waals surface area contributed by atoms with E-state index in [0.717, 1.165) is 31.2 Å². The van der Waals surface area contributed by atoms with Crippen molar-refractivity contribution >= 4 is 6.09 Å². The Morgan fingerprint density at radius 1 is 1.22 bits per heavy atom. The van der Waals surface area contributed by atoms with Crippen molar-refractivity contribution in [1.82, 2.24) is 5.32 Å². The second kappa shape index (κ2) is 7.76. The van der Waals surface area contributed by atoms with Crippen molar-refractivity contribution < 1.29 is 23.4 Å². The molecule has 2 aliphatic heterocycles. The monoisotopic (exact) mass is 379 g/mol. The van der Waals surface area contributed by atoms with Gasteiger partial charge in [-0.05, 0) is 57.7 Å². The van der Waals surface area contributed by atoms with E-state index in [1.54, 1.807) is 0 Å². The van der Waals surface area contributed by atoms with Crippen LogP contribution >= 0.6 is 0 Å². The first-order valence-electron chi connectivity index (χ1n) is 9.67. The maximum absolute atomic E-state index is 13.5. The number of amides is 1. The van der Waals surface area contributed by atoms with Gasteiger partial charge in [-0.1, -0.05) is 12.1 Å². The number of nitrogens with one attached hydrogen (secondary N) is 1. The van der Waals surface area contributed by atoms with Crippen LogP contribution in [0.1, 0.15) is 52.0 Å². The zero-order chi connectivity index (χ0) is 19.5. The summed E-state index contributed by atoms with van der Waals surface area (Å²) < 4.78 is 30.5. The lowest BCUT2D eigenvalue weighted by Gasteiger charge is -2.46. The minimum absolute atomic E-state index is 0.186. The Kier molecular flexibility index (Phi) is 5.77. The van der Waals surface area contributed by atoms with Crippen LogP contribution in [0.5, 0.6) is 0 Å². The molecule has 0 bridgehead atoms. The van der Waals surface area contributed by atoms with E-state index in [2.05, 4.69) is 5.32 Å². The van der Waals surface area contributed by atoms with Gasteiger partial charge >= 0.3 is 6.09 Å². The minimum Gasteiger partial charge on any atom is -0.444 e. The first kappa shape index (κ1) is 20.1. The summed E-state index contributed by atoms with van der Waals surface area (Å²) in [5.41, 5.74) is 0.0973. The molecule has 150 valence electrons. The number of ether oxygens (including phenoxy) is 3. The highest BCUT2D eigenvalue weighted by Gasteiger charge is 2.48. The highest BCUT2D eigenvalue weighted by molar-refractivity contribution is 5.67. The quantitative estimate of drug-likeness (QED) is 0.861. The first-order chi connectivity index (χ1) is 12.7. The van der Waals surface area contributed by atoms with Crippen LogP contribution < -0.4 is 5.32 Å². The fourth-order valence-corrected chi connectivity index (χ4v) is 4.19. The summed E-state index contributed by atoms with van der Waals surface area (Å²) in [6.45, 7) is 7.94. The Bertz CT molecular complexity index is 649. The number of carbonyl (C=O) groups is 1. The third-order valence-corrected chi connectivity index (χ3v) is 5.44. The smallest absolute Gasteiger partial charge is 0.407 e. The van der Waals surface area contributed by atoms with E-state index in [0.29, 0.717) is 26.4 Å². The van der Waals surface area contributed by atoms with Crippen molar-refractivity contribution in [2.45, 2.75) is 63.1 Å². The molecule has 1 aromatic carbocycles. The highest BCUT2D eigenvalue weighted by Crippen LogP contribution is 2.46. The molecular weight excluding hydrogens is 349 g/mol. The molecule has 0 saturated carbocycles. The summed E-state index contributed by atoms with van der Waals surface area (Å²) >= 11 is 0. The van der Waals surface area contributed by atoms with Gasteiger partial charge in [0.25, 0.3) is 0 Å². The van der Waals surface area contributed by atoms with Gasteiger partial charge in [-0.3, -0.25) is 0 Å². The van der Waals surface area contributed by atoms with Crippen molar-refractivity contribution in [3.63, 3.8) is 0 Å². The molecule has 2 fully saturated rings. The molecule has 6 heteroatoms. The van der Waals surface area contributed by atoms with Crippen LogP contribution in [0.25, 0.3) is 0 Å². The predicted molar refractivity (Wildman–Crippen MR) is 100 cm³/mol. The maximum Gasteiger partial charge on any atom is 0.407 e. The molecule has 1 spiro atoms. The Hall–Kier alpha value is -1.66. The van der Waals surface area contributed by atoms with Gasteiger partial charge in [-0.15, -0.1) is 0 Å². The highest BCUT2D eigenvalue weighted by atomic mass is 19.1. The lowest BCUT2D eigenvalue weighted by atomic mass is 9.66. The fraction of sp³-hybridized carbons (Fsp3) is 0.667. The molecule has 0 aromatic heterocycles. The average molecular weight is 379 g/mol. The van der Waals surface area contributed by atoms with Crippen molar-refractivity contribution in [2.24, 2.45) is 0 Å². The topological polar surface area (TPSA) is 56.8 Å². The molecule has 27 heavy (non-hydrogen) atoms. The second-order valence-electron chi connectivity index (χ2n) is 8.73. The van der Waals surface area contributed by atoms with Crippen LogP contribution in [0.4, 0.5) is 9.18 Å². The molecule has 1 amide bonds. The number of rotatable bonds is 4. The Balaban J connectivity index is 1.74. The molecule has 2 saturated heterocycles. The van der Waals surface area contributed by atoms with Gasteiger partial charge in [-0.25, -0.2) is 9.18 Å². The molecule has 2 aliphatic rings.